The van der Waals surface area contributed by atoms with Crippen molar-refractivity contribution < 1.29 is 9.59 Å². The molecule has 0 fully saturated rings. The van der Waals surface area contributed by atoms with Crippen LogP contribution >= 0.6 is 15.9 Å². The van der Waals surface area contributed by atoms with Crippen molar-refractivity contribution in [2.45, 2.75) is 25.8 Å². The molecular weight excluding hydrogens is 408 g/mol. The number of Topliss-reactive ketones (excluding diaryl/α,β-unsaturated/α-hetero) is 1. The minimum absolute atomic E-state index is 0.0346. The van der Waals surface area contributed by atoms with Crippen LogP contribution in [0.25, 0.3) is 0 Å². The van der Waals surface area contributed by atoms with Crippen molar-refractivity contribution in [3.63, 3.8) is 0 Å². The Balaban J connectivity index is 2.16. The second-order valence-corrected chi connectivity index (χ2v) is 7.09. The highest BCUT2D eigenvalue weighted by atomic mass is 79.9. The second kappa shape index (κ2) is 8.81. The standard InChI is InChI=1S/C20H19BrN4O2/c1-13(27)12-23-20-18(6-4-10-26)24-19(17-5-2-3-9-22-17)15-11-14(21)7-8-16(15)25-20/h2-3,5,7-11,18H,4,6,12H2,1H3,(H,23,25)/t18-/m0/s1. The summed E-state index contributed by atoms with van der Waals surface area (Å²) in [7, 11) is 0. The lowest BCUT2D eigenvalue weighted by Gasteiger charge is -2.14. The number of aliphatic imine (C=N–C) groups is 2. The molecule has 2 aromatic rings. The smallest absolute Gasteiger partial charge is 0.151 e. The van der Waals surface area contributed by atoms with Gasteiger partial charge < -0.3 is 10.1 Å². The topological polar surface area (TPSA) is 83.8 Å². The van der Waals surface area contributed by atoms with Crippen molar-refractivity contribution in [1.29, 1.82) is 0 Å². The van der Waals surface area contributed by atoms with Gasteiger partial charge in [0.05, 0.1) is 18.0 Å². The number of halogens is 1. The number of ketones is 1. The summed E-state index contributed by atoms with van der Waals surface area (Å²) in [5.74, 6) is 0.550. The van der Waals surface area contributed by atoms with Crippen molar-refractivity contribution in [1.82, 2.24) is 4.98 Å². The molecule has 1 aliphatic heterocycles. The molecule has 1 aromatic carbocycles. The number of anilines is 1. The monoisotopic (exact) mass is 426 g/mol. The summed E-state index contributed by atoms with van der Waals surface area (Å²) in [6.07, 6.45) is 3.44. The van der Waals surface area contributed by atoms with E-state index in [1.54, 1.807) is 6.20 Å². The molecule has 0 aliphatic carbocycles. The number of fused-ring (bicyclic) bond motifs is 1. The second-order valence-electron chi connectivity index (χ2n) is 6.17. The lowest BCUT2D eigenvalue weighted by atomic mass is 10.0. The van der Waals surface area contributed by atoms with Gasteiger partial charge in [-0.2, -0.15) is 0 Å². The molecule has 0 amide bonds. The molecule has 7 heteroatoms. The first kappa shape index (κ1) is 19.1. The number of aldehydes is 1. The summed E-state index contributed by atoms with van der Waals surface area (Å²) in [4.78, 5) is 36.1. The van der Waals surface area contributed by atoms with Crippen LogP contribution in [0.3, 0.4) is 0 Å². The van der Waals surface area contributed by atoms with E-state index in [-0.39, 0.29) is 18.4 Å². The Hall–Kier alpha value is -2.67. The van der Waals surface area contributed by atoms with Gasteiger partial charge in [-0.3, -0.25) is 19.8 Å². The molecular formula is C20H19BrN4O2. The first-order chi connectivity index (χ1) is 13.1. The lowest BCUT2D eigenvalue weighted by molar-refractivity contribution is -0.115. The van der Waals surface area contributed by atoms with Crippen LogP contribution in [0.2, 0.25) is 0 Å². The zero-order valence-corrected chi connectivity index (χ0v) is 16.4. The van der Waals surface area contributed by atoms with E-state index < -0.39 is 0 Å². The zero-order chi connectivity index (χ0) is 19.2. The average Bonchev–Trinajstić information content (AvgIpc) is 2.82. The van der Waals surface area contributed by atoms with Crippen LogP contribution in [0.5, 0.6) is 0 Å². The Bertz CT molecular complexity index is 909. The number of benzodiazepines with no additional fused rings is 1. The predicted molar refractivity (Wildman–Crippen MR) is 110 cm³/mol. The molecule has 1 aromatic heterocycles. The molecule has 0 bridgehead atoms. The number of pyridine rings is 1. The maximum atomic E-state index is 11.4. The van der Waals surface area contributed by atoms with E-state index in [2.05, 4.69) is 31.2 Å². The molecule has 0 radical (unpaired) electrons. The third kappa shape index (κ3) is 4.74. The van der Waals surface area contributed by atoms with Gasteiger partial charge in [-0.15, -0.1) is 0 Å². The Morgan fingerprint density at radius 1 is 1.33 bits per heavy atom. The SMILES string of the molecule is CC(=O)CN=C1Nc2ccc(Br)cc2C(c2ccccn2)=N[C@H]1CCC=O. The summed E-state index contributed by atoms with van der Waals surface area (Å²) in [5.41, 5.74) is 3.18. The summed E-state index contributed by atoms with van der Waals surface area (Å²) in [6, 6.07) is 11.1. The highest BCUT2D eigenvalue weighted by Gasteiger charge is 2.25. The number of carbonyl (C=O) groups is 2. The van der Waals surface area contributed by atoms with E-state index in [1.807, 2.05) is 36.4 Å². The molecule has 0 unspecified atom stereocenters. The molecule has 27 heavy (non-hydrogen) atoms. The highest BCUT2D eigenvalue weighted by molar-refractivity contribution is 9.10. The van der Waals surface area contributed by atoms with Crippen LogP contribution < -0.4 is 5.32 Å². The fraction of sp³-hybridized carbons (Fsp3) is 0.250. The third-order valence-electron chi connectivity index (χ3n) is 4.04. The van der Waals surface area contributed by atoms with Gasteiger partial charge in [-0.1, -0.05) is 22.0 Å². The number of rotatable bonds is 6. The van der Waals surface area contributed by atoms with E-state index in [4.69, 9.17) is 4.99 Å². The number of amidine groups is 1. The molecule has 0 spiro atoms. The Morgan fingerprint density at radius 3 is 2.89 bits per heavy atom. The van der Waals surface area contributed by atoms with Crippen molar-refractivity contribution in [3.8, 4) is 0 Å². The normalized spacial score (nSPS) is 17.5. The highest BCUT2D eigenvalue weighted by Crippen LogP contribution is 2.28. The number of aromatic nitrogens is 1. The summed E-state index contributed by atoms with van der Waals surface area (Å²) < 4.78 is 0.917. The van der Waals surface area contributed by atoms with Gasteiger partial charge in [0.1, 0.15) is 18.2 Å². The van der Waals surface area contributed by atoms with Crippen molar-refractivity contribution >= 4 is 45.2 Å². The zero-order valence-electron chi connectivity index (χ0n) is 14.9. The number of nitrogens with one attached hydrogen (secondary N) is 1. The van der Waals surface area contributed by atoms with Crippen LogP contribution in [0.15, 0.2) is 57.1 Å². The van der Waals surface area contributed by atoms with Crippen LogP contribution in [-0.2, 0) is 9.59 Å². The van der Waals surface area contributed by atoms with Gasteiger partial charge in [-0.25, -0.2) is 0 Å². The summed E-state index contributed by atoms with van der Waals surface area (Å²) in [5, 5.41) is 3.32. The fourth-order valence-corrected chi connectivity index (χ4v) is 3.17. The quantitative estimate of drug-likeness (QED) is 0.716. The number of carbonyl (C=O) groups excluding carboxylic acids is 2. The van der Waals surface area contributed by atoms with Crippen LogP contribution in [0, 0.1) is 0 Å². The van der Waals surface area contributed by atoms with Gasteiger partial charge in [0, 0.05) is 28.3 Å². The first-order valence-corrected chi connectivity index (χ1v) is 9.41. The number of nitrogens with zero attached hydrogens (tertiary/aromatic N) is 3. The largest absolute Gasteiger partial charge is 0.342 e. The lowest BCUT2D eigenvalue weighted by Crippen LogP contribution is -2.27. The van der Waals surface area contributed by atoms with Gasteiger partial charge in [0.2, 0.25) is 0 Å². The molecule has 6 nitrogen and oxygen atoms in total. The van der Waals surface area contributed by atoms with Gasteiger partial charge >= 0.3 is 0 Å². The maximum Gasteiger partial charge on any atom is 0.151 e. The Morgan fingerprint density at radius 2 is 2.19 bits per heavy atom. The van der Waals surface area contributed by atoms with E-state index >= 15 is 0 Å². The van der Waals surface area contributed by atoms with E-state index in [0.717, 1.165) is 33.4 Å². The maximum absolute atomic E-state index is 11.4. The summed E-state index contributed by atoms with van der Waals surface area (Å²) in [6.45, 7) is 1.56. The van der Waals surface area contributed by atoms with Gasteiger partial charge in [0.15, 0.2) is 5.78 Å². The molecule has 1 aliphatic rings. The van der Waals surface area contributed by atoms with Crippen LogP contribution in [-0.4, -0.2) is 41.2 Å². The molecule has 2 heterocycles. The summed E-state index contributed by atoms with van der Waals surface area (Å²) >= 11 is 3.51. The predicted octanol–water partition coefficient (Wildman–Crippen LogP) is 3.44. The molecule has 138 valence electrons. The van der Waals surface area contributed by atoms with E-state index in [1.165, 1.54) is 6.92 Å². The molecule has 1 N–H and O–H groups in total. The Kier molecular flexibility index (Phi) is 6.24. The fourth-order valence-electron chi connectivity index (χ4n) is 2.80. The van der Waals surface area contributed by atoms with Crippen LogP contribution in [0.4, 0.5) is 5.69 Å². The van der Waals surface area contributed by atoms with Gasteiger partial charge in [-0.05, 0) is 43.7 Å². The Labute approximate surface area is 166 Å². The van der Waals surface area contributed by atoms with Crippen molar-refractivity contribution in [2.75, 3.05) is 11.9 Å². The first-order valence-electron chi connectivity index (χ1n) is 8.62. The minimum atomic E-state index is -0.363. The third-order valence-corrected chi connectivity index (χ3v) is 4.53. The van der Waals surface area contributed by atoms with Gasteiger partial charge in [0.25, 0.3) is 0 Å². The van der Waals surface area contributed by atoms with E-state index in [0.29, 0.717) is 18.7 Å². The molecule has 0 saturated carbocycles. The van der Waals surface area contributed by atoms with Crippen LogP contribution in [0.1, 0.15) is 31.0 Å². The van der Waals surface area contributed by atoms with E-state index in [9.17, 15) is 9.59 Å². The van der Waals surface area contributed by atoms with Crippen molar-refractivity contribution in [2.24, 2.45) is 9.98 Å². The minimum Gasteiger partial charge on any atom is -0.342 e. The number of hydrogen-bond donors (Lipinski definition) is 1. The molecule has 1 atom stereocenters. The van der Waals surface area contributed by atoms with Crippen molar-refractivity contribution in [3.05, 3.63) is 58.3 Å². The molecule has 0 saturated heterocycles. The average molecular weight is 427 g/mol. The number of benzene rings is 1. The molecule has 3 rings (SSSR count). The number of hydrogen-bond acceptors (Lipinski definition) is 5.